The van der Waals surface area contributed by atoms with Crippen molar-refractivity contribution in [3.8, 4) is 5.75 Å². The van der Waals surface area contributed by atoms with Crippen molar-refractivity contribution in [1.82, 2.24) is 9.78 Å². The summed E-state index contributed by atoms with van der Waals surface area (Å²) >= 11 is 0. The summed E-state index contributed by atoms with van der Waals surface area (Å²) in [5.74, 6) is 0.564. The van der Waals surface area contributed by atoms with Gasteiger partial charge in [-0.05, 0) is 19.3 Å². The van der Waals surface area contributed by atoms with Gasteiger partial charge >= 0.3 is 0 Å². The molecule has 6 nitrogen and oxygen atoms in total. The first-order chi connectivity index (χ1) is 9.68. The molecule has 0 atom stereocenters. The van der Waals surface area contributed by atoms with Gasteiger partial charge in [-0.25, -0.2) is 0 Å². The van der Waals surface area contributed by atoms with Crippen molar-refractivity contribution in [3.05, 3.63) is 11.9 Å². The molecule has 1 aliphatic heterocycles. The maximum atomic E-state index is 13.0. The fourth-order valence-corrected chi connectivity index (χ4v) is 2.67. The lowest BCUT2D eigenvalue weighted by molar-refractivity contribution is 0.0192. The zero-order valence-electron chi connectivity index (χ0n) is 12.2. The summed E-state index contributed by atoms with van der Waals surface area (Å²) in [5.41, 5.74) is 5.91. The van der Waals surface area contributed by atoms with E-state index in [4.69, 9.17) is 15.2 Å². The van der Waals surface area contributed by atoms with Crippen LogP contribution in [0.4, 0.5) is 0 Å². The average molecular weight is 281 g/mol. The molecular weight excluding hydrogens is 258 g/mol. The van der Waals surface area contributed by atoms with Crippen LogP contribution < -0.4 is 10.5 Å². The SMILES string of the molecule is CCCn1ncc(OC)c1C(=O)C1(CN)CCOCC1. The molecule has 0 radical (unpaired) electrons. The monoisotopic (exact) mass is 281 g/mol. The lowest BCUT2D eigenvalue weighted by Crippen LogP contribution is -2.44. The molecule has 2 rings (SSSR count). The van der Waals surface area contributed by atoms with Gasteiger partial charge in [-0.2, -0.15) is 5.10 Å². The molecule has 1 saturated heterocycles. The van der Waals surface area contributed by atoms with Crippen LogP contribution >= 0.6 is 0 Å². The van der Waals surface area contributed by atoms with Crippen LogP contribution in [-0.2, 0) is 11.3 Å². The zero-order chi connectivity index (χ0) is 14.6. The molecule has 1 fully saturated rings. The van der Waals surface area contributed by atoms with Crippen LogP contribution in [0.3, 0.4) is 0 Å². The summed E-state index contributed by atoms with van der Waals surface area (Å²) in [6, 6.07) is 0. The molecule has 1 aliphatic rings. The molecule has 0 unspecified atom stereocenters. The van der Waals surface area contributed by atoms with Crippen molar-refractivity contribution in [3.63, 3.8) is 0 Å². The number of ether oxygens (including phenoxy) is 2. The summed E-state index contributed by atoms with van der Waals surface area (Å²) in [6.07, 6.45) is 3.82. The Hall–Kier alpha value is -1.40. The molecule has 20 heavy (non-hydrogen) atoms. The van der Waals surface area contributed by atoms with Crippen LogP contribution in [0, 0.1) is 5.41 Å². The van der Waals surface area contributed by atoms with E-state index in [9.17, 15) is 4.79 Å². The van der Waals surface area contributed by atoms with E-state index in [1.54, 1.807) is 18.0 Å². The maximum Gasteiger partial charge on any atom is 0.192 e. The van der Waals surface area contributed by atoms with Gasteiger partial charge in [0.25, 0.3) is 0 Å². The first kappa shape index (κ1) is 15.0. The van der Waals surface area contributed by atoms with Gasteiger partial charge < -0.3 is 15.2 Å². The molecule has 0 spiro atoms. The molecular formula is C14H23N3O3. The molecule has 6 heteroatoms. The predicted octanol–water partition coefficient (Wildman–Crippen LogP) is 1.24. The first-order valence-corrected chi connectivity index (χ1v) is 7.11. The number of ketones is 1. The van der Waals surface area contributed by atoms with Crippen LogP contribution in [0.1, 0.15) is 36.7 Å². The Bertz CT molecular complexity index is 464. The van der Waals surface area contributed by atoms with Crippen LogP contribution in [0.5, 0.6) is 5.75 Å². The third-order valence-corrected chi connectivity index (χ3v) is 4.00. The van der Waals surface area contributed by atoms with Crippen molar-refractivity contribution in [2.45, 2.75) is 32.7 Å². The second kappa shape index (κ2) is 6.37. The molecule has 0 saturated carbocycles. The number of aromatic nitrogens is 2. The quantitative estimate of drug-likeness (QED) is 0.794. The topological polar surface area (TPSA) is 79.4 Å². The van der Waals surface area contributed by atoms with Gasteiger partial charge in [-0.3, -0.25) is 9.48 Å². The number of rotatable bonds is 6. The summed E-state index contributed by atoms with van der Waals surface area (Å²) in [5, 5.41) is 4.26. The van der Waals surface area contributed by atoms with Crippen LogP contribution in [0.25, 0.3) is 0 Å². The number of hydrogen-bond acceptors (Lipinski definition) is 5. The van der Waals surface area contributed by atoms with E-state index in [0.29, 0.717) is 50.6 Å². The summed E-state index contributed by atoms with van der Waals surface area (Å²) in [7, 11) is 1.56. The number of aryl methyl sites for hydroxylation is 1. The van der Waals surface area contributed by atoms with Gasteiger partial charge in [0.05, 0.1) is 18.7 Å². The average Bonchev–Trinajstić information content (AvgIpc) is 2.90. The molecule has 0 amide bonds. The van der Waals surface area contributed by atoms with E-state index in [1.807, 2.05) is 0 Å². The molecule has 0 aromatic carbocycles. The van der Waals surface area contributed by atoms with Crippen LogP contribution in [0.2, 0.25) is 0 Å². The highest BCUT2D eigenvalue weighted by Crippen LogP contribution is 2.35. The number of methoxy groups -OCH3 is 1. The lowest BCUT2D eigenvalue weighted by atomic mass is 9.75. The molecule has 2 N–H and O–H groups in total. The maximum absolute atomic E-state index is 13.0. The largest absolute Gasteiger partial charge is 0.493 e. The van der Waals surface area contributed by atoms with Gasteiger partial charge in [0.2, 0.25) is 0 Å². The molecule has 2 heterocycles. The van der Waals surface area contributed by atoms with Crippen molar-refractivity contribution in [1.29, 1.82) is 0 Å². The molecule has 1 aromatic heterocycles. The Kier molecular flexibility index (Phi) is 4.77. The first-order valence-electron chi connectivity index (χ1n) is 7.11. The van der Waals surface area contributed by atoms with E-state index in [0.717, 1.165) is 6.42 Å². The normalized spacial score (nSPS) is 17.9. The number of carbonyl (C=O) groups is 1. The van der Waals surface area contributed by atoms with Crippen molar-refractivity contribution < 1.29 is 14.3 Å². The highest BCUT2D eigenvalue weighted by molar-refractivity contribution is 6.01. The van der Waals surface area contributed by atoms with E-state index < -0.39 is 5.41 Å². The fourth-order valence-electron chi connectivity index (χ4n) is 2.67. The lowest BCUT2D eigenvalue weighted by Gasteiger charge is -2.34. The number of nitrogens with zero attached hydrogens (tertiary/aromatic N) is 2. The molecule has 112 valence electrons. The standard InChI is InChI=1S/C14H23N3O3/c1-3-6-17-12(11(19-2)9-16-17)13(18)14(10-15)4-7-20-8-5-14/h9H,3-8,10,15H2,1-2H3. The third-order valence-electron chi connectivity index (χ3n) is 4.00. The van der Waals surface area contributed by atoms with E-state index in [1.165, 1.54) is 0 Å². The minimum absolute atomic E-state index is 0.0334. The Morgan fingerprint density at radius 2 is 2.25 bits per heavy atom. The van der Waals surface area contributed by atoms with E-state index >= 15 is 0 Å². The van der Waals surface area contributed by atoms with E-state index in [-0.39, 0.29) is 5.78 Å². The second-order valence-corrected chi connectivity index (χ2v) is 5.21. The molecule has 1 aromatic rings. The number of hydrogen-bond donors (Lipinski definition) is 1. The summed E-state index contributed by atoms with van der Waals surface area (Å²) in [4.78, 5) is 13.0. The number of nitrogens with two attached hydrogens (primary N) is 1. The number of Topliss-reactive ketones (excluding diaryl/α,β-unsaturated/α-hetero) is 1. The number of carbonyl (C=O) groups excluding carboxylic acids is 1. The third kappa shape index (κ3) is 2.58. The van der Waals surface area contributed by atoms with Gasteiger partial charge in [-0.1, -0.05) is 6.92 Å². The zero-order valence-corrected chi connectivity index (χ0v) is 12.2. The van der Waals surface area contributed by atoms with Crippen molar-refractivity contribution >= 4 is 5.78 Å². The Labute approximate surface area is 119 Å². The van der Waals surface area contributed by atoms with Gasteiger partial charge in [0.15, 0.2) is 11.5 Å². The Morgan fingerprint density at radius 3 is 2.80 bits per heavy atom. The smallest absolute Gasteiger partial charge is 0.192 e. The van der Waals surface area contributed by atoms with Gasteiger partial charge in [-0.15, -0.1) is 0 Å². The van der Waals surface area contributed by atoms with Gasteiger partial charge in [0.1, 0.15) is 5.69 Å². The predicted molar refractivity (Wildman–Crippen MR) is 74.9 cm³/mol. The minimum Gasteiger partial charge on any atom is -0.493 e. The van der Waals surface area contributed by atoms with Crippen molar-refractivity contribution in [2.24, 2.45) is 11.1 Å². The van der Waals surface area contributed by atoms with Crippen LogP contribution in [-0.4, -0.2) is 42.4 Å². The summed E-state index contributed by atoms with van der Waals surface area (Å²) in [6.45, 7) is 4.23. The Balaban J connectivity index is 2.37. The second-order valence-electron chi connectivity index (χ2n) is 5.21. The molecule has 0 bridgehead atoms. The highest BCUT2D eigenvalue weighted by Gasteiger charge is 2.42. The summed E-state index contributed by atoms with van der Waals surface area (Å²) < 4.78 is 12.4. The van der Waals surface area contributed by atoms with E-state index in [2.05, 4.69) is 12.0 Å². The van der Waals surface area contributed by atoms with Gasteiger partial charge in [0, 0.05) is 26.3 Å². The minimum atomic E-state index is -0.545. The van der Waals surface area contributed by atoms with Crippen molar-refractivity contribution in [2.75, 3.05) is 26.9 Å². The van der Waals surface area contributed by atoms with Crippen LogP contribution in [0.15, 0.2) is 6.20 Å². The highest BCUT2D eigenvalue weighted by atomic mass is 16.5. The Morgan fingerprint density at radius 1 is 1.55 bits per heavy atom. The molecule has 0 aliphatic carbocycles. The fraction of sp³-hybridized carbons (Fsp3) is 0.714.